The number of nitrogens with one attached hydrogen (secondary N) is 1. The molecule has 0 unspecified atom stereocenters. The summed E-state index contributed by atoms with van der Waals surface area (Å²) in [4.78, 5) is 30.8. The summed E-state index contributed by atoms with van der Waals surface area (Å²) in [5.74, 6) is 0.867. The molecule has 0 atom stereocenters. The summed E-state index contributed by atoms with van der Waals surface area (Å²) in [5.41, 5.74) is 1.75. The van der Waals surface area contributed by atoms with Crippen LogP contribution in [0.3, 0.4) is 0 Å². The molecule has 1 aliphatic rings. The van der Waals surface area contributed by atoms with E-state index in [1.54, 1.807) is 12.0 Å². The van der Waals surface area contributed by atoms with E-state index in [9.17, 15) is 9.59 Å². The van der Waals surface area contributed by atoms with E-state index in [0.29, 0.717) is 21.0 Å². The predicted molar refractivity (Wildman–Crippen MR) is 124 cm³/mol. The van der Waals surface area contributed by atoms with Gasteiger partial charge in [-0.25, -0.2) is 4.98 Å². The van der Waals surface area contributed by atoms with Crippen molar-refractivity contribution in [1.29, 1.82) is 0 Å². The number of nitrogens with zero attached hydrogens (tertiary/aromatic N) is 4. The highest BCUT2D eigenvalue weighted by molar-refractivity contribution is 8.01. The minimum atomic E-state index is -0.166. The van der Waals surface area contributed by atoms with Crippen LogP contribution in [0.5, 0.6) is 5.75 Å². The molecular weight excluding hydrogens is 454 g/mol. The highest BCUT2D eigenvalue weighted by Gasteiger charge is 2.35. The molecule has 1 N–H and O–H groups in total. The van der Waals surface area contributed by atoms with Gasteiger partial charge in [0.05, 0.1) is 18.6 Å². The molecule has 4 rings (SSSR count). The fraction of sp³-hybridized carbons (Fsp3) is 0.350. The van der Waals surface area contributed by atoms with Crippen molar-refractivity contribution in [2.45, 2.75) is 36.6 Å². The number of benzene rings is 1. The number of thiazole rings is 1. The summed E-state index contributed by atoms with van der Waals surface area (Å²) >= 11 is 4.03. The van der Waals surface area contributed by atoms with Gasteiger partial charge in [0.2, 0.25) is 16.9 Å². The van der Waals surface area contributed by atoms with Crippen molar-refractivity contribution in [3.63, 3.8) is 0 Å². The smallest absolute Gasteiger partial charge is 0.236 e. The van der Waals surface area contributed by atoms with Gasteiger partial charge in [-0.15, -0.1) is 21.5 Å². The van der Waals surface area contributed by atoms with Gasteiger partial charge in [0.1, 0.15) is 5.75 Å². The first kappa shape index (κ1) is 21.7. The van der Waals surface area contributed by atoms with Gasteiger partial charge < -0.3 is 10.1 Å². The van der Waals surface area contributed by atoms with E-state index >= 15 is 0 Å². The van der Waals surface area contributed by atoms with Crippen LogP contribution in [0.2, 0.25) is 0 Å². The van der Waals surface area contributed by atoms with Crippen LogP contribution in [0.1, 0.15) is 26.2 Å². The predicted octanol–water partition coefficient (Wildman–Crippen LogP) is 4.31. The van der Waals surface area contributed by atoms with E-state index in [2.05, 4.69) is 20.5 Å². The lowest BCUT2D eigenvalue weighted by Gasteiger charge is -2.17. The molecular formula is C20H21N5O3S3. The van der Waals surface area contributed by atoms with Crippen LogP contribution in [0.25, 0.3) is 11.3 Å². The zero-order valence-corrected chi connectivity index (χ0v) is 19.5. The van der Waals surface area contributed by atoms with Gasteiger partial charge in [-0.3, -0.25) is 14.5 Å². The first-order valence-corrected chi connectivity index (χ1v) is 12.4. The Labute approximate surface area is 192 Å². The number of aromatic nitrogens is 3. The largest absolute Gasteiger partial charge is 0.497 e. The number of methoxy groups -OCH3 is 1. The quantitative estimate of drug-likeness (QED) is 0.364. The van der Waals surface area contributed by atoms with Crippen molar-refractivity contribution in [1.82, 2.24) is 15.2 Å². The zero-order chi connectivity index (χ0) is 21.8. The molecule has 162 valence electrons. The number of rotatable bonds is 9. The molecule has 11 heteroatoms. The fourth-order valence-electron chi connectivity index (χ4n) is 2.84. The number of hydrogen-bond donors (Lipinski definition) is 1. The third-order valence-electron chi connectivity index (χ3n) is 4.55. The van der Waals surface area contributed by atoms with Crippen molar-refractivity contribution >= 4 is 56.5 Å². The Balaban J connectivity index is 1.31. The lowest BCUT2D eigenvalue weighted by molar-refractivity contribution is -0.118. The Morgan fingerprint density at radius 1 is 1.26 bits per heavy atom. The molecule has 1 aliphatic carbocycles. The molecule has 8 nitrogen and oxygen atoms in total. The molecule has 1 aromatic carbocycles. The molecule has 0 aliphatic heterocycles. The van der Waals surface area contributed by atoms with Crippen molar-refractivity contribution in [2.75, 3.05) is 23.1 Å². The van der Waals surface area contributed by atoms with Gasteiger partial charge in [-0.1, -0.05) is 30.0 Å². The summed E-state index contributed by atoms with van der Waals surface area (Å²) < 4.78 is 5.83. The Kier molecular flexibility index (Phi) is 6.83. The van der Waals surface area contributed by atoms with Crippen LogP contribution in [0, 0.1) is 0 Å². The summed E-state index contributed by atoms with van der Waals surface area (Å²) in [6, 6.07) is 7.84. The topological polar surface area (TPSA) is 97.3 Å². The molecule has 2 aromatic heterocycles. The number of thioether (sulfide) groups is 1. The fourth-order valence-corrected chi connectivity index (χ4v) is 5.30. The lowest BCUT2D eigenvalue weighted by Crippen LogP contribution is -2.32. The normalized spacial score (nSPS) is 13.1. The van der Waals surface area contributed by atoms with E-state index < -0.39 is 0 Å². The molecule has 31 heavy (non-hydrogen) atoms. The summed E-state index contributed by atoms with van der Waals surface area (Å²) in [7, 11) is 1.62. The number of carbonyl (C=O) groups excluding carboxylic acids is 2. The zero-order valence-electron chi connectivity index (χ0n) is 17.0. The first-order valence-electron chi connectivity index (χ1n) is 9.75. The maximum absolute atomic E-state index is 12.3. The SMILES string of the molecule is CCC(=O)N(c1nnc(SCC(=O)Nc2nc(-c3ccc(OC)cc3)cs2)s1)C1CC1. The average Bonchev–Trinajstić information content (AvgIpc) is 3.32. The molecule has 1 saturated carbocycles. The van der Waals surface area contributed by atoms with Crippen LogP contribution in [-0.2, 0) is 9.59 Å². The molecule has 0 bridgehead atoms. The van der Waals surface area contributed by atoms with Crippen LogP contribution in [0.15, 0.2) is 34.0 Å². The van der Waals surface area contributed by atoms with Gasteiger partial charge >= 0.3 is 0 Å². The number of ether oxygens (including phenoxy) is 1. The van der Waals surface area contributed by atoms with Crippen LogP contribution >= 0.6 is 34.4 Å². The van der Waals surface area contributed by atoms with Gasteiger partial charge in [0.15, 0.2) is 9.47 Å². The van der Waals surface area contributed by atoms with E-state index in [1.807, 2.05) is 36.6 Å². The van der Waals surface area contributed by atoms with E-state index in [1.165, 1.54) is 34.4 Å². The molecule has 2 heterocycles. The number of hydrogen-bond acceptors (Lipinski definition) is 9. The van der Waals surface area contributed by atoms with Gasteiger partial charge in [0, 0.05) is 23.4 Å². The van der Waals surface area contributed by atoms with E-state index in [0.717, 1.165) is 29.8 Å². The molecule has 2 amide bonds. The summed E-state index contributed by atoms with van der Waals surface area (Å²) in [6.07, 6.45) is 2.44. The number of amides is 2. The molecule has 0 saturated heterocycles. The molecule has 1 fully saturated rings. The highest BCUT2D eigenvalue weighted by atomic mass is 32.2. The van der Waals surface area contributed by atoms with Crippen molar-refractivity contribution in [3.05, 3.63) is 29.6 Å². The number of anilines is 2. The average molecular weight is 476 g/mol. The third kappa shape index (κ3) is 5.41. The minimum Gasteiger partial charge on any atom is -0.497 e. The maximum atomic E-state index is 12.3. The Hall–Kier alpha value is -2.50. The molecule has 3 aromatic rings. The van der Waals surface area contributed by atoms with Crippen LogP contribution < -0.4 is 15.0 Å². The van der Waals surface area contributed by atoms with Crippen molar-refractivity contribution in [2.24, 2.45) is 0 Å². The molecule has 0 radical (unpaired) electrons. The Bertz CT molecular complexity index is 1060. The maximum Gasteiger partial charge on any atom is 0.236 e. The highest BCUT2D eigenvalue weighted by Crippen LogP contribution is 2.36. The first-order chi connectivity index (χ1) is 15.1. The monoisotopic (exact) mass is 475 g/mol. The van der Waals surface area contributed by atoms with Crippen molar-refractivity contribution in [3.8, 4) is 17.0 Å². The van der Waals surface area contributed by atoms with Gasteiger partial charge in [-0.2, -0.15) is 0 Å². The van der Waals surface area contributed by atoms with Gasteiger partial charge in [-0.05, 0) is 37.1 Å². The Morgan fingerprint density at radius 2 is 2.03 bits per heavy atom. The summed E-state index contributed by atoms with van der Waals surface area (Å²) in [5, 5.41) is 14.2. The standard InChI is InChI=1S/C20H21N5O3S3/c1-3-17(27)25(13-6-7-13)19-23-24-20(31-19)30-11-16(26)22-18-21-15(10-29-18)12-4-8-14(28-2)9-5-12/h4-5,8-10,13H,3,6-7,11H2,1-2H3,(H,21,22,26). The van der Waals surface area contributed by atoms with E-state index in [4.69, 9.17) is 4.74 Å². The minimum absolute atomic E-state index is 0.0596. The van der Waals surface area contributed by atoms with Crippen LogP contribution in [-0.4, -0.2) is 45.9 Å². The second-order valence-electron chi connectivity index (χ2n) is 6.80. The Morgan fingerprint density at radius 3 is 2.71 bits per heavy atom. The van der Waals surface area contributed by atoms with Crippen LogP contribution in [0.4, 0.5) is 10.3 Å². The van der Waals surface area contributed by atoms with Gasteiger partial charge in [0.25, 0.3) is 0 Å². The third-order valence-corrected chi connectivity index (χ3v) is 7.36. The second kappa shape index (κ2) is 9.75. The lowest BCUT2D eigenvalue weighted by atomic mass is 10.2. The van der Waals surface area contributed by atoms with Crippen molar-refractivity contribution < 1.29 is 14.3 Å². The summed E-state index contributed by atoms with van der Waals surface area (Å²) in [6.45, 7) is 1.84. The van der Waals surface area contributed by atoms with E-state index in [-0.39, 0.29) is 23.6 Å². The second-order valence-corrected chi connectivity index (χ2v) is 9.84. The molecule has 0 spiro atoms. The number of carbonyl (C=O) groups is 2.